The summed E-state index contributed by atoms with van der Waals surface area (Å²) in [6.45, 7) is 3.72. The predicted octanol–water partition coefficient (Wildman–Crippen LogP) is 5.41. The van der Waals surface area contributed by atoms with Crippen LogP contribution in [0.2, 0.25) is 0 Å². The van der Waals surface area contributed by atoms with Gasteiger partial charge in [0.2, 0.25) is 0 Å². The molecule has 234 valence electrons. The van der Waals surface area contributed by atoms with Gasteiger partial charge in [-0.25, -0.2) is 0 Å². The standard InChI is InChI=1S/C33H54O8/c1-3-5-7-8-9-14-18-24-32(38)40-26-29(35)27-41-33(39)25-19-23-31(37)30(36)22-17-13-11-10-12-16-21-28(34)20-15-6-4-2/h6,10-13,15-17,21-22,28-31,34-37H,3-5,7-9,14,18-20,23-27H2,1-2H3/b12-10+,13-11-,15-6-,21-16+,22-17-/t28-,29-,30+,31+/m1/s1. The van der Waals surface area contributed by atoms with Gasteiger partial charge in [0.25, 0.3) is 0 Å². The molecule has 4 atom stereocenters. The molecule has 0 fully saturated rings. The molecular formula is C33H54O8. The molecule has 0 radical (unpaired) electrons. The monoisotopic (exact) mass is 578 g/mol. The lowest BCUT2D eigenvalue weighted by Gasteiger charge is -2.14. The minimum atomic E-state index is -1.09. The fourth-order valence-corrected chi connectivity index (χ4v) is 3.66. The Bertz CT molecular complexity index is 799. The summed E-state index contributed by atoms with van der Waals surface area (Å²) < 4.78 is 10.0. The summed E-state index contributed by atoms with van der Waals surface area (Å²) in [5.41, 5.74) is 0. The van der Waals surface area contributed by atoms with Crippen LogP contribution < -0.4 is 0 Å². The molecule has 0 saturated heterocycles. The van der Waals surface area contributed by atoms with Gasteiger partial charge in [-0.1, -0.05) is 113 Å². The Hall–Kier alpha value is -2.52. The molecule has 0 rings (SSSR count). The number of carbonyl (C=O) groups excluding carboxylic acids is 2. The van der Waals surface area contributed by atoms with Crippen LogP contribution in [0.1, 0.15) is 97.3 Å². The highest BCUT2D eigenvalue weighted by molar-refractivity contribution is 5.69. The molecule has 0 spiro atoms. The van der Waals surface area contributed by atoms with Crippen molar-refractivity contribution in [3.8, 4) is 0 Å². The normalized spacial score (nSPS) is 15.4. The second kappa shape index (κ2) is 27.6. The summed E-state index contributed by atoms with van der Waals surface area (Å²) in [4.78, 5) is 23.6. The van der Waals surface area contributed by atoms with Crippen molar-refractivity contribution in [2.24, 2.45) is 0 Å². The fraction of sp³-hybridized carbons (Fsp3) is 0.636. The number of aliphatic hydroxyl groups is 4. The molecule has 0 aromatic rings. The molecule has 0 amide bonds. The van der Waals surface area contributed by atoms with Gasteiger partial charge in [0, 0.05) is 12.8 Å². The number of carbonyl (C=O) groups is 2. The van der Waals surface area contributed by atoms with Gasteiger partial charge in [0.15, 0.2) is 0 Å². The van der Waals surface area contributed by atoms with Gasteiger partial charge in [-0.05, 0) is 32.1 Å². The molecule has 0 aromatic heterocycles. The molecule has 0 aliphatic carbocycles. The maximum Gasteiger partial charge on any atom is 0.305 e. The summed E-state index contributed by atoms with van der Waals surface area (Å²) >= 11 is 0. The van der Waals surface area contributed by atoms with Crippen LogP contribution in [-0.4, -0.2) is 70.0 Å². The van der Waals surface area contributed by atoms with Gasteiger partial charge in [-0.3, -0.25) is 9.59 Å². The Balaban J connectivity index is 3.95. The largest absolute Gasteiger partial charge is 0.463 e. The summed E-state index contributed by atoms with van der Waals surface area (Å²) in [6, 6.07) is 0. The topological polar surface area (TPSA) is 134 Å². The minimum absolute atomic E-state index is 0.0278. The smallest absolute Gasteiger partial charge is 0.305 e. The van der Waals surface area contributed by atoms with Crippen molar-refractivity contribution in [1.82, 2.24) is 0 Å². The number of hydrogen-bond donors (Lipinski definition) is 4. The number of esters is 2. The van der Waals surface area contributed by atoms with Crippen LogP contribution in [0.25, 0.3) is 0 Å². The Kier molecular flexibility index (Phi) is 25.9. The van der Waals surface area contributed by atoms with E-state index in [1.807, 2.05) is 19.1 Å². The molecule has 0 aliphatic rings. The third kappa shape index (κ3) is 26.1. The molecule has 41 heavy (non-hydrogen) atoms. The van der Waals surface area contributed by atoms with Crippen LogP contribution in [0, 0.1) is 0 Å². The first-order valence-corrected chi connectivity index (χ1v) is 15.2. The van der Waals surface area contributed by atoms with Crippen molar-refractivity contribution in [1.29, 1.82) is 0 Å². The zero-order chi connectivity index (χ0) is 30.6. The van der Waals surface area contributed by atoms with Crippen molar-refractivity contribution < 1.29 is 39.5 Å². The second-order valence-corrected chi connectivity index (χ2v) is 10.1. The summed E-state index contributed by atoms with van der Waals surface area (Å²) in [5.74, 6) is -0.902. The average molecular weight is 579 g/mol. The van der Waals surface area contributed by atoms with Gasteiger partial charge in [-0.15, -0.1) is 0 Å². The number of rotatable bonds is 25. The van der Waals surface area contributed by atoms with Crippen LogP contribution >= 0.6 is 0 Å². The van der Waals surface area contributed by atoms with E-state index in [0.717, 1.165) is 25.7 Å². The van der Waals surface area contributed by atoms with E-state index in [2.05, 4.69) is 6.92 Å². The summed E-state index contributed by atoms with van der Waals surface area (Å²) in [6.07, 6.45) is 23.9. The third-order valence-electron chi connectivity index (χ3n) is 6.11. The summed E-state index contributed by atoms with van der Waals surface area (Å²) in [7, 11) is 0. The third-order valence-corrected chi connectivity index (χ3v) is 6.11. The van der Waals surface area contributed by atoms with Crippen molar-refractivity contribution in [3.63, 3.8) is 0 Å². The maximum atomic E-state index is 11.9. The Morgan fingerprint density at radius 1 is 0.659 bits per heavy atom. The van der Waals surface area contributed by atoms with Gasteiger partial charge < -0.3 is 29.9 Å². The number of unbranched alkanes of at least 4 members (excludes halogenated alkanes) is 6. The van der Waals surface area contributed by atoms with Crippen LogP contribution in [0.5, 0.6) is 0 Å². The average Bonchev–Trinajstić information content (AvgIpc) is 2.95. The number of allylic oxidation sites excluding steroid dienone is 7. The van der Waals surface area contributed by atoms with Crippen LogP contribution in [-0.2, 0) is 19.1 Å². The zero-order valence-corrected chi connectivity index (χ0v) is 25.1. The van der Waals surface area contributed by atoms with E-state index in [0.29, 0.717) is 19.3 Å². The van der Waals surface area contributed by atoms with E-state index in [-0.39, 0.29) is 32.0 Å². The highest BCUT2D eigenvalue weighted by Gasteiger charge is 2.15. The van der Waals surface area contributed by atoms with E-state index < -0.39 is 30.4 Å². The Labute approximate surface area is 247 Å². The molecule has 0 unspecified atom stereocenters. The molecule has 8 heteroatoms. The number of ether oxygens (including phenoxy) is 2. The molecule has 0 bridgehead atoms. The van der Waals surface area contributed by atoms with Gasteiger partial charge >= 0.3 is 11.9 Å². The van der Waals surface area contributed by atoms with Crippen molar-refractivity contribution in [3.05, 3.63) is 60.8 Å². The van der Waals surface area contributed by atoms with Crippen LogP contribution in [0.15, 0.2) is 60.8 Å². The highest BCUT2D eigenvalue weighted by Crippen LogP contribution is 2.10. The zero-order valence-electron chi connectivity index (χ0n) is 25.1. The summed E-state index contributed by atoms with van der Waals surface area (Å²) in [5, 5.41) is 39.8. The molecule has 4 N–H and O–H groups in total. The van der Waals surface area contributed by atoms with Crippen LogP contribution in [0.4, 0.5) is 0 Å². The maximum absolute atomic E-state index is 11.9. The molecule has 0 heterocycles. The fourth-order valence-electron chi connectivity index (χ4n) is 3.66. The molecule has 8 nitrogen and oxygen atoms in total. The number of hydrogen-bond acceptors (Lipinski definition) is 8. The second-order valence-electron chi connectivity index (χ2n) is 10.1. The van der Waals surface area contributed by atoms with Gasteiger partial charge in [0.05, 0.1) is 18.3 Å². The van der Waals surface area contributed by atoms with Crippen molar-refractivity contribution in [2.45, 2.75) is 122 Å². The van der Waals surface area contributed by atoms with Gasteiger partial charge in [0.1, 0.15) is 19.3 Å². The number of aliphatic hydroxyl groups excluding tert-OH is 4. The Morgan fingerprint density at radius 2 is 1.20 bits per heavy atom. The van der Waals surface area contributed by atoms with Crippen molar-refractivity contribution >= 4 is 11.9 Å². The van der Waals surface area contributed by atoms with E-state index in [1.54, 1.807) is 42.5 Å². The molecule has 0 aromatic carbocycles. The Morgan fingerprint density at radius 3 is 1.80 bits per heavy atom. The first kappa shape index (κ1) is 38.5. The highest BCUT2D eigenvalue weighted by atomic mass is 16.6. The van der Waals surface area contributed by atoms with E-state index >= 15 is 0 Å². The lowest BCUT2D eigenvalue weighted by atomic mass is 10.1. The van der Waals surface area contributed by atoms with Gasteiger partial charge in [-0.2, -0.15) is 0 Å². The lowest BCUT2D eigenvalue weighted by molar-refractivity contribution is -0.152. The van der Waals surface area contributed by atoms with E-state index in [4.69, 9.17) is 9.47 Å². The lowest BCUT2D eigenvalue weighted by Crippen LogP contribution is -2.26. The first-order chi connectivity index (χ1) is 19.8. The predicted molar refractivity (Wildman–Crippen MR) is 163 cm³/mol. The molecule has 0 saturated carbocycles. The quantitative estimate of drug-likeness (QED) is 0.0489. The first-order valence-electron chi connectivity index (χ1n) is 15.2. The van der Waals surface area contributed by atoms with Crippen molar-refractivity contribution in [2.75, 3.05) is 13.2 Å². The SMILES string of the molecule is CC/C=C\C[C@@H](O)/C=C/C=C/C=C\C=C/[C@H](O)[C@@H](O)CCCC(=O)OC[C@H](O)COC(=O)CCCCCCCCC. The van der Waals surface area contributed by atoms with E-state index in [1.165, 1.54) is 31.8 Å². The molecule has 0 aliphatic heterocycles. The van der Waals surface area contributed by atoms with Crippen LogP contribution in [0.3, 0.4) is 0 Å². The minimum Gasteiger partial charge on any atom is -0.463 e. The molecular weight excluding hydrogens is 524 g/mol. The van der Waals surface area contributed by atoms with E-state index in [9.17, 15) is 30.0 Å².